The average molecular weight is 312 g/mol. The van der Waals surface area contributed by atoms with Gasteiger partial charge in [-0.25, -0.2) is 9.18 Å². The number of carbonyl (C=O) groups is 1. The summed E-state index contributed by atoms with van der Waals surface area (Å²) in [6.07, 6.45) is -0.572. The molecule has 0 aliphatic carbocycles. The summed E-state index contributed by atoms with van der Waals surface area (Å²) in [6.45, 7) is 1.84. The number of carbonyl (C=O) groups excluding carboxylic acids is 1. The number of rotatable bonds is 3. The van der Waals surface area contributed by atoms with E-state index in [2.05, 4.69) is 17.2 Å². The molecule has 0 aliphatic heterocycles. The average Bonchev–Trinajstić information content (AvgIpc) is 2.57. The van der Waals surface area contributed by atoms with Crippen molar-refractivity contribution in [2.45, 2.75) is 13.5 Å². The van der Waals surface area contributed by atoms with Gasteiger partial charge in [0, 0.05) is 11.3 Å². The maximum atomic E-state index is 13.9. The van der Waals surface area contributed by atoms with Crippen LogP contribution in [0.15, 0.2) is 42.5 Å². The maximum Gasteiger partial charge on any atom is 0.408 e. The first-order valence-corrected chi connectivity index (χ1v) is 7.06. The number of anilines is 1. The molecule has 118 valence electrons. The van der Waals surface area contributed by atoms with Crippen molar-refractivity contribution in [1.29, 1.82) is 0 Å². The van der Waals surface area contributed by atoms with Gasteiger partial charge in [-0.05, 0) is 24.6 Å². The van der Waals surface area contributed by atoms with Crippen LogP contribution in [0.3, 0.4) is 0 Å². The largest absolute Gasteiger partial charge is 0.445 e. The van der Waals surface area contributed by atoms with Crippen molar-refractivity contribution in [2.24, 2.45) is 0 Å². The molecule has 0 bridgehead atoms. The molecule has 2 aromatic carbocycles. The van der Waals surface area contributed by atoms with E-state index in [4.69, 9.17) is 10.5 Å². The fourth-order valence-electron chi connectivity index (χ4n) is 1.83. The molecule has 4 nitrogen and oxygen atoms in total. The van der Waals surface area contributed by atoms with Gasteiger partial charge in [0.15, 0.2) is 0 Å². The molecular weight excluding hydrogens is 295 g/mol. The second kappa shape index (κ2) is 7.85. The lowest BCUT2D eigenvalue weighted by Gasteiger charge is -2.04. The molecule has 0 radical (unpaired) electrons. The standard InChI is InChI=1S/C18H17FN2O2/c1-13-16(20)10-9-15(17(13)19)8-5-11-21-18(22)23-12-14-6-3-2-4-7-14/h2-4,6-7,9-10H,11-12,20H2,1H3,(H,21,22). The van der Waals surface area contributed by atoms with Crippen LogP contribution in [0.25, 0.3) is 0 Å². The van der Waals surface area contributed by atoms with E-state index < -0.39 is 11.9 Å². The Hall–Kier alpha value is -3.00. The number of nitrogens with one attached hydrogen (secondary N) is 1. The highest BCUT2D eigenvalue weighted by Gasteiger charge is 2.05. The highest BCUT2D eigenvalue weighted by molar-refractivity contribution is 5.67. The Morgan fingerprint density at radius 2 is 2.00 bits per heavy atom. The number of hydrogen-bond acceptors (Lipinski definition) is 3. The van der Waals surface area contributed by atoms with Crippen molar-refractivity contribution in [2.75, 3.05) is 12.3 Å². The van der Waals surface area contributed by atoms with Gasteiger partial charge in [-0.1, -0.05) is 42.2 Å². The van der Waals surface area contributed by atoms with E-state index in [1.807, 2.05) is 30.3 Å². The first kappa shape index (κ1) is 16.4. The summed E-state index contributed by atoms with van der Waals surface area (Å²) in [5, 5.41) is 2.49. The van der Waals surface area contributed by atoms with E-state index >= 15 is 0 Å². The zero-order chi connectivity index (χ0) is 16.7. The zero-order valence-electron chi connectivity index (χ0n) is 12.7. The summed E-state index contributed by atoms with van der Waals surface area (Å²) in [7, 11) is 0. The molecule has 2 rings (SSSR count). The lowest BCUT2D eigenvalue weighted by molar-refractivity contribution is 0.141. The summed E-state index contributed by atoms with van der Waals surface area (Å²) >= 11 is 0. The molecule has 0 fully saturated rings. The molecule has 0 heterocycles. The molecule has 0 saturated carbocycles. The Labute approximate surface area is 134 Å². The van der Waals surface area contributed by atoms with Crippen molar-refractivity contribution >= 4 is 11.8 Å². The lowest BCUT2D eigenvalue weighted by Crippen LogP contribution is -2.24. The van der Waals surface area contributed by atoms with E-state index in [1.54, 1.807) is 13.0 Å². The van der Waals surface area contributed by atoms with E-state index in [9.17, 15) is 9.18 Å². The third-order valence-electron chi connectivity index (χ3n) is 3.19. The van der Waals surface area contributed by atoms with Crippen molar-refractivity contribution < 1.29 is 13.9 Å². The van der Waals surface area contributed by atoms with Gasteiger partial charge in [0.1, 0.15) is 12.4 Å². The number of benzene rings is 2. The van der Waals surface area contributed by atoms with E-state index in [0.29, 0.717) is 11.3 Å². The molecule has 3 N–H and O–H groups in total. The third kappa shape index (κ3) is 4.75. The minimum atomic E-state index is -0.572. The molecule has 1 amide bonds. The van der Waals surface area contributed by atoms with Crippen molar-refractivity contribution in [3.8, 4) is 11.8 Å². The number of nitrogens with two attached hydrogens (primary N) is 1. The van der Waals surface area contributed by atoms with Gasteiger partial charge in [0.25, 0.3) is 0 Å². The Morgan fingerprint density at radius 1 is 1.26 bits per heavy atom. The summed E-state index contributed by atoms with van der Waals surface area (Å²) in [6, 6.07) is 12.5. The summed E-state index contributed by atoms with van der Waals surface area (Å²) in [4.78, 5) is 11.5. The zero-order valence-corrected chi connectivity index (χ0v) is 12.7. The van der Waals surface area contributed by atoms with Crippen LogP contribution in [-0.4, -0.2) is 12.6 Å². The van der Waals surface area contributed by atoms with E-state index in [-0.39, 0.29) is 18.7 Å². The van der Waals surface area contributed by atoms with E-state index in [1.165, 1.54) is 6.07 Å². The van der Waals surface area contributed by atoms with Crippen LogP contribution in [-0.2, 0) is 11.3 Å². The van der Waals surface area contributed by atoms with Crippen molar-refractivity contribution in [3.05, 3.63) is 65.0 Å². The molecule has 0 unspecified atom stereocenters. The van der Waals surface area contributed by atoms with Gasteiger partial charge in [0.05, 0.1) is 12.1 Å². The molecule has 0 aromatic heterocycles. The van der Waals surface area contributed by atoms with Crippen LogP contribution in [0.4, 0.5) is 14.9 Å². The minimum absolute atomic E-state index is 0.0660. The molecule has 5 heteroatoms. The molecule has 0 aliphatic rings. The first-order valence-electron chi connectivity index (χ1n) is 7.06. The van der Waals surface area contributed by atoms with Crippen LogP contribution >= 0.6 is 0 Å². The number of hydrogen-bond donors (Lipinski definition) is 2. The summed E-state index contributed by atoms with van der Waals surface area (Å²) in [5.41, 5.74) is 7.50. The van der Waals surface area contributed by atoms with Crippen molar-refractivity contribution in [3.63, 3.8) is 0 Å². The number of ether oxygens (including phenoxy) is 1. The topological polar surface area (TPSA) is 64.3 Å². The molecule has 2 aromatic rings. The smallest absolute Gasteiger partial charge is 0.408 e. The SMILES string of the molecule is Cc1c(N)ccc(C#CCNC(=O)OCc2ccccc2)c1F. The summed E-state index contributed by atoms with van der Waals surface area (Å²) < 4.78 is 18.9. The van der Waals surface area contributed by atoms with Crippen LogP contribution in [0.5, 0.6) is 0 Å². The molecule has 0 spiro atoms. The van der Waals surface area contributed by atoms with Crippen LogP contribution in [0.1, 0.15) is 16.7 Å². The van der Waals surface area contributed by atoms with Gasteiger partial charge >= 0.3 is 6.09 Å². The third-order valence-corrected chi connectivity index (χ3v) is 3.19. The predicted octanol–water partition coefficient (Wildman–Crippen LogP) is 2.99. The maximum absolute atomic E-state index is 13.9. The Morgan fingerprint density at radius 3 is 2.74 bits per heavy atom. The summed E-state index contributed by atoms with van der Waals surface area (Å²) in [5.74, 6) is 4.89. The van der Waals surface area contributed by atoms with Gasteiger partial charge in [0.2, 0.25) is 0 Å². The number of amides is 1. The first-order chi connectivity index (χ1) is 11.1. The number of alkyl carbamates (subject to hydrolysis) is 1. The highest BCUT2D eigenvalue weighted by Crippen LogP contribution is 2.17. The minimum Gasteiger partial charge on any atom is -0.445 e. The Balaban J connectivity index is 1.81. The van der Waals surface area contributed by atoms with Gasteiger partial charge < -0.3 is 15.8 Å². The van der Waals surface area contributed by atoms with E-state index in [0.717, 1.165) is 5.56 Å². The van der Waals surface area contributed by atoms with Crippen LogP contribution < -0.4 is 11.1 Å². The van der Waals surface area contributed by atoms with Gasteiger partial charge in [-0.2, -0.15) is 0 Å². The molecule has 23 heavy (non-hydrogen) atoms. The predicted molar refractivity (Wildman–Crippen MR) is 87.1 cm³/mol. The van der Waals surface area contributed by atoms with Gasteiger partial charge in [-0.15, -0.1) is 0 Å². The monoisotopic (exact) mass is 312 g/mol. The molecular formula is C18H17FN2O2. The molecule has 0 atom stereocenters. The fourth-order valence-corrected chi connectivity index (χ4v) is 1.83. The quantitative estimate of drug-likeness (QED) is 0.676. The van der Waals surface area contributed by atoms with Crippen LogP contribution in [0.2, 0.25) is 0 Å². The Kier molecular flexibility index (Phi) is 5.59. The number of halogens is 1. The number of nitrogen functional groups attached to an aromatic ring is 1. The fraction of sp³-hybridized carbons (Fsp3) is 0.167. The highest BCUT2D eigenvalue weighted by atomic mass is 19.1. The van der Waals surface area contributed by atoms with Gasteiger partial charge in [-0.3, -0.25) is 0 Å². The molecule has 0 saturated heterocycles. The van der Waals surface area contributed by atoms with Crippen LogP contribution in [0, 0.1) is 24.6 Å². The Bertz CT molecular complexity index is 749. The normalized spacial score (nSPS) is 9.65. The second-order valence-electron chi connectivity index (χ2n) is 4.86. The lowest BCUT2D eigenvalue weighted by atomic mass is 10.1. The second-order valence-corrected chi connectivity index (χ2v) is 4.86. The van der Waals surface area contributed by atoms with Crippen molar-refractivity contribution in [1.82, 2.24) is 5.32 Å².